The molecule has 0 aliphatic rings. The van der Waals surface area contributed by atoms with Crippen LogP contribution in [0.25, 0.3) is 0 Å². The Morgan fingerprint density at radius 1 is 1.38 bits per heavy atom. The minimum atomic E-state index is -1.02. The van der Waals surface area contributed by atoms with Gasteiger partial charge in [0.2, 0.25) is 0 Å². The molecule has 0 unspecified atom stereocenters. The van der Waals surface area contributed by atoms with Crippen LogP contribution in [0.15, 0.2) is 16.6 Å². The van der Waals surface area contributed by atoms with Crippen LogP contribution in [-0.4, -0.2) is 21.3 Å². The summed E-state index contributed by atoms with van der Waals surface area (Å²) in [6.07, 6.45) is -0.247. The molecule has 1 rings (SSSR count). The molecular weight excluding hydrogens is 240 g/mol. The number of benzene rings is 1. The molecule has 1 aromatic rings. The monoisotopic (exact) mass is 246 g/mol. The van der Waals surface area contributed by atoms with Crippen LogP contribution in [0, 0.1) is 0 Å². The number of rotatable bonds is 2. The summed E-state index contributed by atoms with van der Waals surface area (Å²) >= 11 is 3.02. The van der Waals surface area contributed by atoms with Gasteiger partial charge in [-0.15, -0.1) is 0 Å². The third-order valence-electron chi connectivity index (χ3n) is 1.46. The molecule has 0 saturated heterocycles. The molecule has 1 aromatic carbocycles. The summed E-state index contributed by atoms with van der Waals surface area (Å²) in [4.78, 5) is 10.4. The van der Waals surface area contributed by atoms with Gasteiger partial charge in [-0.25, -0.2) is 0 Å². The van der Waals surface area contributed by atoms with Crippen molar-refractivity contribution < 1.29 is 20.1 Å². The number of hydrogen-bond acceptors (Lipinski definition) is 3. The van der Waals surface area contributed by atoms with Crippen LogP contribution < -0.4 is 0 Å². The number of carboxylic acids is 1. The highest BCUT2D eigenvalue weighted by Gasteiger charge is 2.10. The van der Waals surface area contributed by atoms with Gasteiger partial charge in [-0.1, -0.05) is 0 Å². The first-order chi connectivity index (χ1) is 6.00. The van der Waals surface area contributed by atoms with Crippen LogP contribution in [-0.2, 0) is 11.2 Å². The van der Waals surface area contributed by atoms with Gasteiger partial charge in [0, 0.05) is 6.07 Å². The first-order valence-corrected chi connectivity index (χ1v) is 4.22. The number of halogens is 1. The summed E-state index contributed by atoms with van der Waals surface area (Å²) in [6.45, 7) is 0. The van der Waals surface area contributed by atoms with Crippen LogP contribution in [0.2, 0.25) is 0 Å². The topological polar surface area (TPSA) is 77.8 Å². The van der Waals surface area contributed by atoms with E-state index in [1.54, 1.807) is 0 Å². The number of carbonyl (C=O) groups is 1. The maximum Gasteiger partial charge on any atom is 0.307 e. The molecule has 4 nitrogen and oxygen atoms in total. The minimum Gasteiger partial charge on any atom is -0.508 e. The Morgan fingerprint density at radius 3 is 2.54 bits per heavy atom. The molecule has 0 atom stereocenters. The molecule has 0 bridgehead atoms. The summed E-state index contributed by atoms with van der Waals surface area (Å²) < 4.78 is 0.299. The van der Waals surface area contributed by atoms with Gasteiger partial charge in [0.1, 0.15) is 11.5 Å². The van der Waals surface area contributed by atoms with E-state index >= 15 is 0 Å². The fraction of sp³-hybridized carbons (Fsp3) is 0.125. The number of aromatic hydroxyl groups is 2. The molecule has 0 aromatic heterocycles. The van der Waals surface area contributed by atoms with Crippen LogP contribution in [0.5, 0.6) is 11.5 Å². The van der Waals surface area contributed by atoms with Gasteiger partial charge in [0.15, 0.2) is 0 Å². The predicted molar refractivity (Wildman–Crippen MR) is 48.8 cm³/mol. The number of phenols is 2. The molecular formula is C8H7BrO4. The van der Waals surface area contributed by atoms with E-state index in [9.17, 15) is 9.90 Å². The lowest BCUT2D eigenvalue weighted by Crippen LogP contribution is -2.00. The van der Waals surface area contributed by atoms with Gasteiger partial charge in [-0.2, -0.15) is 0 Å². The van der Waals surface area contributed by atoms with E-state index in [4.69, 9.17) is 10.2 Å². The lowest BCUT2D eigenvalue weighted by atomic mass is 10.1. The molecule has 3 N–H and O–H groups in total. The van der Waals surface area contributed by atoms with E-state index in [2.05, 4.69) is 15.9 Å². The van der Waals surface area contributed by atoms with E-state index < -0.39 is 5.97 Å². The fourth-order valence-corrected chi connectivity index (χ4v) is 1.31. The normalized spacial score (nSPS) is 9.92. The standard InChI is InChI=1S/C8H7BrO4/c9-8-4(2-7(12)13)1-5(10)3-6(8)11/h1,3,10-11H,2H2,(H,12,13). The van der Waals surface area contributed by atoms with Gasteiger partial charge in [0.25, 0.3) is 0 Å². The van der Waals surface area contributed by atoms with Crippen molar-refractivity contribution in [2.75, 3.05) is 0 Å². The van der Waals surface area contributed by atoms with Crippen LogP contribution >= 0.6 is 15.9 Å². The van der Waals surface area contributed by atoms with Gasteiger partial charge < -0.3 is 15.3 Å². The van der Waals surface area contributed by atoms with Gasteiger partial charge in [0.05, 0.1) is 10.9 Å². The molecule has 70 valence electrons. The highest BCUT2D eigenvalue weighted by atomic mass is 79.9. The average Bonchev–Trinajstić information content (AvgIpc) is 1.98. The summed E-state index contributed by atoms with van der Waals surface area (Å²) in [6, 6.07) is 2.42. The number of phenolic OH excluding ortho intramolecular Hbond substituents is 2. The average molecular weight is 247 g/mol. The smallest absolute Gasteiger partial charge is 0.307 e. The lowest BCUT2D eigenvalue weighted by Gasteiger charge is -2.04. The van der Waals surface area contributed by atoms with Gasteiger partial charge in [-0.3, -0.25) is 4.79 Å². The zero-order chi connectivity index (χ0) is 10.0. The first kappa shape index (κ1) is 9.85. The van der Waals surface area contributed by atoms with Crippen LogP contribution in [0.4, 0.5) is 0 Å². The zero-order valence-corrected chi connectivity index (χ0v) is 8.08. The highest BCUT2D eigenvalue weighted by Crippen LogP contribution is 2.32. The fourth-order valence-electron chi connectivity index (χ4n) is 0.943. The highest BCUT2D eigenvalue weighted by molar-refractivity contribution is 9.10. The van der Waals surface area contributed by atoms with E-state index in [1.807, 2.05) is 0 Å². The number of hydrogen-bond donors (Lipinski definition) is 3. The van der Waals surface area contributed by atoms with Crippen LogP contribution in [0.1, 0.15) is 5.56 Å². The minimum absolute atomic E-state index is 0.156. The summed E-state index contributed by atoms with van der Waals surface area (Å²) in [5, 5.41) is 26.7. The van der Waals surface area contributed by atoms with E-state index in [1.165, 1.54) is 6.07 Å². The van der Waals surface area contributed by atoms with Crippen molar-refractivity contribution in [1.82, 2.24) is 0 Å². The van der Waals surface area contributed by atoms with E-state index in [0.29, 0.717) is 10.0 Å². The quantitative estimate of drug-likeness (QED) is 0.739. The molecule has 0 amide bonds. The van der Waals surface area contributed by atoms with Crippen molar-refractivity contribution in [3.63, 3.8) is 0 Å². The van der Waals surface area contributed by atoms with E-state index in [-0.39, 0.29) is 17.9 Å². The van der Waals surface area contributed by atoms with Crippen molar-refractivity contribution >= 4 is 21.9 Å². The lowest BCUT2D eigenvalue weighted by molar-refractivity contribution is -0.136. The molecule has 0 fully saturated rings. The second kappa shape index (κ2) is 3.66. The van der Waals surface area contributed by atoms with Crippen molar-refractivity contribution in [3.8, 4) is 11.5 Å². The molecule has 0 aliphatic heterocycles. The maximum atomic E-state index is 10.4. The Kier molecular flexibility index (Phi) is 2.77. The van der Waals surface area contributed by atoms with Crippen LogP contribution in [0.3, 0.4) is 0 Å². The van der Waals surface area contributed by atoms with Crippen molar-refractivity contribution in [1.29, 1.82) is 0 Å². The summed E-state index contributed by atoms with van der Waals surface area (Å²) in [7, 11) is 0. The molecule has 5 heteroatoms. The Bertz CT molecular complexity index is 348. The number of carboxylic acid groups (broad SMARTS) is 1. The Morgan fingerprint density at radius 2 is 2.00 bits per heavy atom. The first-order valence-electron chi connectivity index (χ1n) is 3.43. The van der Waals surface area contributed by atoms with Crippen molar-refractivity contribution in [3.05, 3.63) is 22.2 Å². The predicted octanol–water partition coefficient (Wildman–Crippen LogP) is 1.49. The molecule has 0 radical (unpaired) electrons. The third-order valence-corrected chi connectivity index (χ3v) is 2.37. The maximum absolute atomic E-state index is 10.4. The molecule has 0 spiro atoms. The summed E-state index contributed by atoms with van der Waals surface area (Å²) in [5.41, 5.74) is 0.338. The second-order valence-corrected chi connectivity index (χ2v) is 3.30. The Hall–Kier alpha value is -1.23. The van der Waals surface area contributed by atoms with Crippen molar-refractivity contribution in [2.24, 2.45) is 0 Å². The van der Waals surface area contributed by atoms with E-state index in [0.717, 1.165) is 6.07 Å². The zero-order valence-electron chi connectivity index (χ0n) is 6.49. The molecule has 0 heterocycles. The van der Waals surface area contributed by atoms with Gasteiger partial charge >= 0.3 is 5.97 Å². The van der Waals surface area contributed by atoms with Gasteiger partial charge in [-0.05, 0) is 27.6 Å². The molecule has 13 heavy (non-hydrogen) atoms. The third kappa shape index (κ3) is 2.35. The molecule has 0 aliphatic carbocycles. The Balaban J connectivity index is 3.12. The largest absolute Gasteiger partial charge is 0.508 e. The summed E-state index contributed by atoms with van der Waals surface area (Å²) in [5.74, 6) is -1.35. The second-order valence-electron chi connectivity index (χ2n) is 2.51. The SMILES string of the molecule is O=C(O)Cc1cc(O)cc(O)c1Br. The number of aliphatic carboxylic acids is 1. The molecule has 0 saturated carbocycles. The van der Waals surface area contributed by atoms with Crippen molar-refractivity contribution in [2.45, 2.75) is 6.42 Å². The Labute approximate surface area is 82.6 Å².